The Labute approximate surface area is 265 Å². The molecule has 2 heteroatoms. The van der Waals surface area contributed by atoms with Crippen LogP contribution >= 0.6 is 0 Å². The predicted octanol–water partition coefficient (Wildman–Crippen LogP) is 11.6. The van der Waals surface area contributed by atoms with Crippen LogP contribution in [0.25, 0.3) is 0 Å². The van der Waals surface area contributed by atoms with Gasteiger partial charge in [-0.25, -0.2) is 0 Å². The maximum absolute atomic E-state index is 9.91. The molecule has 2 rings (SSSR count). The van der Waals surface area contributed by atoms with Crippen LogP contribution in [0.2, 0.25) is 0 Å². The van der Waals surface area contributed by atoms with E-state index in [1.807, 2.05) is 0 Å². The zero-order valence-corrected chi connectivity index (χ0v) is 30.4. The molecule has 0 aromatic heterocycles. The minimum Gasteiger partial charge on any atom is -0.396 e. The highest BCUT2D eigenvalue weighted by Gasteiger charge is 2.56. The van der Waals surface area contributed by atoms with Crippen molar-refractivity contribution < 1.29 is 10.2 Å². The van der Waals surface area contributed by atoms with Crippen LogP contribution in [0.4, 0.5) is 0 Å². The first kappa shape index (κ1) is 38.1. The number of hydrogen-bond acceptors (Lipinski definition) is 2. The number of hydrogen-bond donors (Lipinski definition) is 2. The van der Waals surface area contributed by atoms with E-state index in [9.17, 15) is 10.2 Å². The maximum atomic E-state index is 9.91. The van der Waals surface area contributed by atoms with E-state index in [4.69, 9.17) is 0 Å². The average molecular weight is 591 g/mol. The molecule has 0 bridgehead atoms. The van der Waals surface area contributed by atoms with Gasteiger partial charge in [-0.1, -0.05) is 108 Å². The fourth-order valence-electron chi connectivity index (χ4n) is 10.3. The van der Waals surface area contributed by atoms with E-state index in [1.165, 1.54) is 83.5 Å². The molecule has 2 N–H and O–H groups in total. The summed E-state index contributed by atoms with van der Waals surface area (Å²) >= 11 is 0. The molecule has 0 saturated heterocycles. The monoisotopic (exact) mass is 591 g/mol. The van der Waals surface area contributed by atoms with Crippen molar-refractivity contribution in [3.8, 4) is 0 Å². The van der Waals surface area contributed by atoms with Crippen molar-refractivity contribution in [1.29, 1.82) is 0 Å². The lowest BCUT2D eigenvalue weighted by molar-refractivity contribution is 0.0938. The first-order valence-corrected chi connectivity index (χ1v) is 19.0. The lowest BCUT2D eigenvalue weighted by atomic mass is 9.65. The van der Waals surface area contributed by atoms with Gasteiger partial charge < -0.3 is 10.2 Å². The van der Waals surface area contributed by atoms with E-state index in [0.717, 1.165) is 66.6 Å². The summed E-state index contributed by atoms with van der Waals surface area (Å²) in [4.78, 5) is 0. The van der Waals surface area contributed by atoms with E-state index >= 15 is 0 Å². The maximum Gasteiger partial charge on any atom is 0.0433 e. The van der Waals surface area contributed by atoms with Gasteiger partial charge in [-0.05, 0) is 134 Å². The Morgan fingerprint density at radius 1 is 0.786 bits per heavy atom. The van der Waals surface area contributed by atoms with Gasteiger partial charge in [-0.15, -0.1) is 0 Å². The lowest BCUT2D eigenvalue weighted by Crippen LogP contribution is -2.32. The van der Waals surface area contributed by atoms with Crippen molar-refractivity contribution in [2.75, 3.05) is 13.2 Å². The molecule has 0 aromatic rings. The fraction of sp³-hybridized carbons (Fsp3) is 1.00. The van der Waals surface area contributed by atoms with E-state index < -0.39 is 0 Å². The normalized spacial score (nSPS) is 32.1. The summed E-state index contributed by atoms with van der Waals surface area (Å²) < 4.78 is 0. The summed E-state index contributed by atoms with van der Waals surface area (Å²) in [7, 11) is 0. The lowest BCUT2D eigenvalue weighted by Gasteiger charge is -2.40. The molecule has 2 saturated carbocycles. The van der Waals surface area contributed by atoms with Crippen LogP contribution in [-0.4, -0.2) is 23.4 Å². The molecule has 0 aromatic carbocycles. The Bertz CT molecular complexity index is 709. The van der Waals surface area contributed by atoms with Crippen LogP contribution in [0, 0.1) is 70.0 Å². The van der Waals surface area contributed by atoms with Crippen molar-refractivity contribution in [3.63, 3.8) is 0 Å². The minimum absolute atomic E-state index is 0.297. The molecule has 0 aliphatic heterocycles. The smallest absolute Gasteiger partial charge is 0.0433 e. The highest BCUT2D eigenvalue weighted by atomic mass is 16.3. The Balaban J connectivity index is 2.26. The Hall–Kier alpha value is -0.0800. The summed E-state index contributed by atoms with van der Waals surface area (Å²) in [5.74, 6) is 7.94. The van der Waals surface area contributed by atoms with Gasteiger partial charge in [0.25, 0.3) is 0 Å². The molecule has 2 nitrogen and oxygen atoms in total. The third-order valence-electron chi connectivity index (χ3n) is 12.9. The predicted molar refractivity (Wildman–Crippen MR) is 185 cm³/mol. The fourth-order valence-corrected chi connectivity index (χ4v) is 10.3. The standard InChI is InChI=1S/C40H78O2/c1-11-33(19-20-35(21-23-42)34(12-2)17-15-22-41)25-38-31(6)27-40(29(3)4)28-37(40)18-14-13-16-36(32(38)7)24-30(5)26-39(8,9)10/h29-38,41-42H,11-28H2,1-10H3. The van der Waals surface area contributed by atoms with Crippen molar-refractivity contribution in [2.24, 2.45) is 70.0 Å². The molecule has 42 heavy (non-hydrogen) atoms. The van der Waals surface area contributed by atoms with Crippen LogP contribution in [0.15, 0.2) is 0 Å². The molecule has 2 fully saturated rings. The molecule has 250 valence electrons. The third-order valence-corrected chi connectivity index (χ3v) is 12.9. The molecule has 0 radical (unpaired) electrons. The van der Waals surface area contributed by atoms with Crippen molar-refractivity contribution in [1.82, 2.24) is 0 Å². The van der Waals surface area contributed by atoms with Gasteiger partial charge in [-0.3, -0.25) is 0 Å². The Morgan fingerprint density at radius 3 is 2.05 bits per heavy atom. The SMILES string of the molecule is CCC(CCC(CCO)C(CC)CCCO)CC1C(C)CC2(C(C)C)CC2CCCCC(CC(C)CC(C)(C)C)C1C. The number of rotatable bonds is 17. The molecule has 0 heterocycles. The number of aliphatic hydroxyl groups excluding tert-OH is 2. The van der Waals surface area contributed by atoms with Crippen LogP contribution in [-0.2, 0) is 0 Å². The van der Waals surface area contributed by atoms with E-state index in [-0.39, 0.29) is 0 Å². The summed E-state index contributed by atoms with van der Waals surface area (Å²) in [6.45, 7) is 25.6. The molecule has 0 spiro atoms. The van der Waals surface area contributed by atoms with E-state index in [2.05, 4.69) is 69.2 Å². The van der Waals surface area contributed by atoms with Crippen LogP contribution in [0.1, 0.15) is 172 Å². The largest absolute Gasteiger partial charge is 0.396 e. The van der Waals surface area contributed by atoms with Gasteiger partial charge in [0.2, 0.25) is 0 Å². The van der Waals surface area contributed by atoms with E-state index in [0.29, 0.717) is 35.9 Å². The Morgan fingerprint density at radius 2 is 1.48 bits per heavy atom. The quantitative estimate of drug-likeness (QED) is 0.177. The summed E-state index contributed by atoms with van der Waals surface area (Å²) in [5, 5.41) is 19.4. The zero-order chi connectivity index (χ0) is 31.5. The van der Waals surface area contributed by atoms with Gasteiger partial charge in [0.05, 0.1) is 0 Å². The topological polar surface area (TPSA) is 40.5 Å². The van der Waals surface area contributed by atoms with Gasteiger partial charge in [0.15, 0.2) is 0 Å². The second kappa shape index (κ2) is 18.2. The first-order valence-electron chi connectivity index (χ1n) is 19.0. The van der Waals surface area contributed by atoms with Crippen molar-refractivity contribution in [2.45, 2.75) is 172 Å². The van der Waals surface area contributed by atoms with Gasteiger partial charge in [-0.2, -0.15) is 0 Å². The number of fused-ring (bicyclic) bond motifs is 1. The van der Waals surface area contributed by atoms with Crippen LogP contribution in [0.5, 0.6) is 0 Å². The van der Waals surface area contributed by atoms with Crippen molar-refractivity contribution in [3.05, 3.63) is 0 Å². The molecular formula is C40H78O2. The number of aliphatic hydroxyl groups is 2. The first-order chi connectivity index (χ1) is 19.8. The van der Waals surface area contributed by atoms with Crippen molar-refractivity contribution >= 4 is 0 Å². The second-order valence-electron chi connectivity index (χ2n) is 17.5. The average Bonchev–Trinajstić information content (AvgIpc) is 3.62. The summed E-state index contributed by atoms with van der Waals surface area (Å²) in [5.41, 5.74) is 1.03. The van der Waals surface area contributed by atoms with Crippen LogP contribution in [0.3, 0.4) is 0 Å². The molecule has 2 aliphatic rings. The summed E-state index contributed by atoms with van der Waals surface area (Å²) in [6, 6.07) is 0. The molecule has 2 aliphatic carbocycles. The van der Waals surface area contributed by atoms with E-state index in [1.54, 1.807) is 0 Å². The summed E-state index contributed by atoms with van der Waals surface area (Å²) in [6.07, 6.45) is 20.9. The van der Waals surface area contributed by atoms with Gasteiger partial charge in [0.1, 0.15) is 0 Å². The highest BCUT2D eigenvalue weighted by molar-refractivity contribution is 5.05. The third kappa shape index (κ3) is 11.7. The molecule has 0 amide bonds. The highest BCUT2D eigenvalue weighted by Crippen LogP contribution is 2.64. The minimum atomic E-state index is 0.297. The van der Waals surface area contributed by atoms with Gasteiger partial charge >= 0.3 is 0 Å². The molecule has 10 unspecified atom stereocenters. The van der Waals surface area contributed by atoms with Crippen LogP contribution < -0.4 is 0 Å². The van der Waals surface area contributed by atoms with Gasteiger partial charge in [0, 0.05) is 13.2 Å². The molecular weight excluding hydrogens is 512 g/mol. The Kier molecular flexibility index (Phi) is 16.5. The second-order valence-corrected chi connectivity index (χ2v) is 17.5. The zero-order valence-electron chi connectivity index (χ0n) is 30.4. The molecule has 10 atom stereocenters.